The van der Waals surface area contributed by atoms with Crippen molar-refractivity contribution >= 4 is 17.7 Å². The quantitative estimate of drug-likeness (QED) is 0.199. The smallest absolute Gasteiger partial charge is 0.345 e. The molecule has 0 aliphatic rings. The Hall–Kier alpha value is -3.28. The van der Waals surface area contributed by atoms with Crippen LogP contribution in [-0.4, -0.2) is 31.9 Å². The fourth-order valence-corrected chi connectivity index (χ4v) is 2.28. The molecule has 0 radical (unpaired) electrons. The number of aromatic nitrogens is 1. The fourth-order valence-electron chi connectivity index (χ4n) is 2.28. The number of Topliss-reactive ketones (excluding diaryl/α,β-unsaturated/α-hetero) is 1. The molecule has 0 saturated heterocycles. The predicted molar refractivity (Wildman–Crippen MR) is 88.5 cm³/mol. The maximum atomic E-state index is 12.9. The highest BCUT2D eigenvalue weighted by Crippen LogP contribution is 2.16. The molecule has 1 aromatic heterocycles. The number of ether oxygens (including phenoxy) is 2. The molecule has 0 saturated carbocycles. The number of hydrogen-bond acceptors (Lipinski definition) is 5. The van der Waals surface area contributed by atoms with Crippen molar-refractivity contribution in [1.82, 2.24) is 0 Å². The number of benzene rings is 1. The van der Waals surface area contributed by atoms with Gasteiger partial charge < -0.3 is 9.47 Å². The van der Waals surface area contributed by atoms with Crippen LogP contribution in [0.1, 0.15) is 10.4 Å². The van der Waals surface area contributed by atoms with Crippen LogP contribution in [-0.2, 0) is 25.6 Å². The first-order chi connectivity index (χ1) is 12.1. The van der Waals surface area contributed by atoms with Crippen LogP contribution >= 0.6 is 0 Å². The van der Waals surface area contributed by atoms with Crippen LogP contribution in [0.2, 0.25) is 0 Å². The van der Waals surface area contributed by atoms with E-state index in [2.05, 4.69) is 9.47 Å². The van der Waals surface area contributed by atoms with Crippen molar-refractivity contribution < 1.29 is 28.4 Å². The molecule has 0 fully saturated rings. The molecule has 0 amide bonds. The third-order valence-electron chi connectivity index (χ3n) is 3.51. The average Bonchev–Trinajstić information content (AvgIpc) is 2.67. The molecule has 0 N–H and O–H groups in total. The second-order valence-corrected chi connectivity index (χ2v) is 5.08. The van der Waals surface area contributed by atoms with E-state index in [4.69, 9.17) is 0 Å². The molecule has 0 aliphatic heterocycles. The number of esters is 2. The zero-order valence-electron chi connectivity index (χ0n) is 14.0. The standard InChI is InChI=1S/C19H18NO5/c1-24-18(22)16(19(23)25-2)15(13-20-11-7-4-8-12-20)17(21)14-9-5-3-6-10-14/h3-12H,13H2,1-2H3/q+1. The number of ketones is 1. The van der Waals surface area contributed by atoms with Gasteiger partial charge >= 0.3 is 11.9 Å². The summed E-state index contributed by atoms with van der Waals surface area (Å²) in [6.07, 6.45) is 3.45. The molecule has 128 valence electrons. The lowest BCUT2D eigenvalue weighted by molar-refractivity contribution is -0.688. The lowest BCUT2D eigenvalue weighted by Gasteiger charge is -2.10. The molecule has 6 nitrogen and oxygen atoms in total. The average molecular weight is 340 g/mol. The van der Waals surface area contributed by atoms with Crippen molar-refractivity contribution in [1.29, 1.82) is 0 Å². The van der Waals surface area contributed by atoms with Crippen molar-refractivity contribution in [2.24, 2.45) is 0 Å². The minimum absolute atomic E-state index is 0.00102. The van der Waals surface area contributed by atoms with Crippen molar-refractivity contribution in [3.8, 4) is 0 Å². The Labute approximate surface area is 145 Å². The fraction of sp³-hybridized carbons (Fsp3) is 0.158. The molecule has 1 heterocycles. The van der Waals surface area contributed by atoms with E-state index in [9.17, 15) is 14.4 Å². The van der Waals surface area contributed by atoms with E-state index in [1.807, 2.05) is 6.07 Å². The molecular formula is C19H18NO5+. The third kappa shape index (κ3) is 4.38. The molecule has 0 atom stereocenters. The van der Waals surface area contributed by atoms with Crippen LogP contribution in [0, 0.1) is 0 Å². The van der Waals surface area contributed by atoms with Gasteiger partial charge in [0.1, 0.15) is 0 Å². The summed E-state index contributed by atoms with van der Waals surface area (Å²) >= 11 is 0. The number of rotatable bonds is 6. The zero-order chi connectivity index (χ0) is 18.2. The summed E-state index contributed by atoms with van der Waals surface area (Å²) in [6, 6.07) is 13.8. The third-order valence-corrected chi connectivity index (χ3v) is 3.51. The summed E-state index contributed by atoms with van der Waals surface area (Å²) in [4.78, 5) is 37.2. The summed E-state index contributed by atoms with van der Waals surface area (Å²) < 4.78 is 11.0. The molecule has 2 aromatic rings. The first kappa shape index (κ1) is 18.1. The minimum atomic E-state index is -0.914. The maximum Gasteiger partial charge on any atom is 0.345 e. The Morgan fingerprint density at radius 3 is 1.88 bits per heavy atom. The second kappa shape index (κ2) is 8.54. The number of carbonyl (C=O) groups excluding carboxylic acids is 3. The van der Waals surface area contributed by atoms with Gasteiger partial charge in [-0.1, -0.05) is 36.4 Å². The number of carbonyl (C=O) groups is 3. The lowest BCUT2D eigenvalue weighted by atomic mass is 9.98. The Bertz CT molecular complexity index is 779. The van der Waals surface area contributed by atoms with Gasteiger partial charge in [0, 0.05) is 17.7 Å². The minimum Gasteiger partial charge on any atom is -0.465 e. The number of pyridine rings is 1. The molecule has 0 aliphatic carbocycles. The Morgan fingerprint density at radius 2 is 1.36 bits per heavy atom. The number of hydrogen-bond donors (Lipinski definition) is 0. The van der Waals surface area contributed by atoms with Crippen LogP contribution in [0.15, 0.2) is 72.1 Å². The van der Waals surface area contributed by atoms with E-state index in [0.717, 1.165) is 14.2 Å². The number of nitrogens with zero attached hydrogens (tertiary/aromatic N) is 1. The summed E-state index contributed by atoms with van der Waals surface area (Å²) in [7, 11) is 2.29. The molecule has 0 unspecified atom stereocenters. The molecular weight excluding hydrogens is 322 g/mol. The first-order valence-electron chi connectivity index (χ1n) is 7.52. The topological polar surface area (TPSA) is 73.6 Å². The van der Waals surface area contributed by atoms with E-state index in [1.165, 1.54) is 0 Å². The molecule has 6 heteroatoms. The van der Waals surface area contributed by atoms with Gasteiger partial charge in [-0.15, -0.1) is 0 Å². The van der Waals surface area contributed by atoms with E-state index in [0.29, 0.717) is 5.56 Å². The molecule has 1 aromatic carbocycles. The Morgan fingerprint density at radius 1 is 0.840 bits per heavy atom. The molecule has 2 rings (SSSR count). The molecule has 0 spiro atoms. The van der Waals surface area contributed by atoms with Gasteiger partial charge in [-0.05, 0) is 0 Å². The van der Waals surface area contributed by atoms with E-state index in [1.54, 1.807) is 59.4 Å². The van der Waals surface area contributed by atoms with Gasteiger partial charge in [0.2, 0.25) is 0 Å². The number of allylic oxidation sites excluding steroid dienone is 1. The van der Waals surface area contributed by atoms with Gasteiger partial charge in [-0.3, -0.25) is 4.79 Å². The van der Waals surface area contributed by atoms with Gasteiger partial charge in [0.25, 0.3) is 0 Å². The van der Waals surface area contributed by atoms with E-state index >= 15 is 0 Å². The molecule has 25 heavy (non-hydrogen) atoms. The SMILES string of the molecule is COC(=O)C(C(=O)OC)=C(C[n+]1ccccc1)C(=O)c1ccccc1. The van der Waals surface area contributed by atoms with Crippen LogP contribution in [0.25, 0.3) is 0 Å². The Kier molecular flexibility index (Phi) is 6.17. The summed E-state index contributed by atoms with van der Waals surface area (Å²) in [5, 5.41) is 0. The van der Waals surface area contributed by atoms with Gasteiger partial charge in [-0.2, -0.15) is 0 Å². The van der Waals surface area contributed by atoms with E-state index in [-0.39, 0.29) is 12.1 Å². The Balaban J connectivity index is 2.60. The summed E-state index contributed by atoms with van der Waals surface area (Å²) in [6.45, 7) is 0.0219. The second-order valence-electron chi connectivity index (χ2n) is 5.08. The highest BCUT2D eigenvalue weighted by molar-refractivity contribution is 6.22. The van der Waals surface area contributed by atoms with Gasteiger partial charge in [0.15, 0.2) is 30.3 Å². The van der Waals surface area contributed by atoms with Crippen LogP contribution < -0.4 is 4.57 Å². The largest absolute Gasteiger partial charge is 0.465 e. The highest BCUT2D eigenvalue weighted by atomic mass is 16.5. The predicted octanol–water partition coefficient (Wildman–Crippen LogP) is 1.50. The number of methoxy groups -OCH3 is 2. The summed E-state index contributed by atoms with van der Waals surface area (Å²) in [5.74, 6) is -2.27. The van der Waals surface area contributed by atoms with Gasteiger partial charge in [0.05, 0.1) is 19.8 Å². The zero-order valence-corrected chi connectivity index (χ0v) is 14.0. The monoisotopic (exact) mass is 340 g/mol. The van der Waals surface area contributed by atoms with Crippen molar-refractivity contribution in [2.75, 3.05) is 14.2 Å². The van der Waals surface area contributed by atoms with Crippen LogP contribution in [0.3, 0.4) is 0 Å². The normalized spacial score (nSPS) is 9.84. The molecule has 0 bridgehead atoms. The lowest BCUT2D eigenvalue weighted by Crippen LogP contribution is -2.37. The highest BCUT2D eigenvalue weighted by Gasteiger charge is 2.31. The van der Waals surface area contributed by atoms with Crippen molar-refractivity contribution in [3.05, 3.63) is 77.6 Å². The maximum absolute atomic E-state index is 12.9. The van der Waals surface area contributed by atoms with Gasteiger partial charge in [-0.25, -0.2) is 14.2 Å². The van der Waals surface area contributed by atoms with Crippen molar-refractivity contribution in [2.45, 2.75) is 6.54 Å². The van der Waals surface area contributed by atoms with E-state index < -0.39 is 23.3 Å². The van der Waals surface area contributed by atoms with Crippen LogP contribution in [0.4, 0.5) is 0 Å². The summed E-state index contributed by atoms with van der Waals surface area (Å²) in [5.41, 5.74) is -0.0457. The first-order valence-corrected chi connectivity index (χ1v) is 7.52. The van der Waals surface area contributed by atoms with Crippen molar-refractivity contribution in [3.63, 3.8) is 0 Å². The van der Waals surface area contributed by atoms with Crippen LogP contribution in [0.5, 0.6) is 0 Å².